The van der Waals surface area contributed by atoms with Crippen LogP contribution in [-0.2, 0) is 22.6 Å². The van der Waals surface area contributed by atoms with Gasteiger partial charge in [-0.15, -0.1) is 0 Å². The fraction of sp³-hybridized carbons (Fsp3) is 0.371. The van der Waals surface area contributed by atoms with E-state index in [1.54, 1.807) is 26.4 Å². The van der Waals surface area contributed by atoms with Gasteiger partial charge in [-0.1, -0.05) is 12.2 Å². The number of rotatable bonds is 5. The van der Waals surface area contributed by atoms with Crippen LogP contribution in [0.1, 0.15) is 46.5 Å². The average molecular weight is 664 g/mol. The molecule has 0 radical (unpaired) electrons. The summed E-state index contributed by atoms with van der Waals surface area (Å²) in [6, 6.07) is 11.6. The molecule has 14 heteroatoms. The molecule has 0 spiro atoms. The van der Waals surface area contributed by atoms with Gasteiger partial charge in [-0.2, -0.15) is 4.98 Å². The largest absolute Gasteiger partial charge is 0.480 e. The summed E-state index contributed by atoms with van der Waals surface area (Å²) < 4.78 is 16.6. The average Bonchev–Trinajstić information content (AvgIpc) is 3.60. The monoisotopic (exact) mass is 663 g/mol. The molecular weight excluding hydrogens is 626 g/mol. The van der Waals surface area contributed by atoms with Crippen LogP contribution in [0.3, 0.4) is 0 Å². The molecule has 6 heterocycles. The second-order valence-electron chi connectivity index (χ2n) is 13.8. The molecule has 2 aliphatic heterocycles. The van der Waals surface area contributed by atoms with E-state index in [4.69, 9.17) is 19.4 Å². The Balaban J connectivity index is 1.10. The SMILES string of the molecule is CC(C)(C)OC(=O)NC1(Cn2ccc3cc(Nc4ncc5c(=O)n6n(c5n4)-c4ccc5c(n4)N(CCC/C=C\C6)C(=O)CO5)ccc32)CC1. The van der Waals surface area contributed by atoms with E-state index in [1.165, 1.54) is 6.20 Å². The molecule has 1 aliphatic carbocycles. The minimum absolute atomic E-state index is 0.0358. The maximum absolute atomic E-state index is 13.6. The fourth-order valence-corrected chi connectivity index (χ4v) is 6.43. The van der Waals surface area contributed by atoms with Gasteiger partial charge in [0.2, 0.25) is 5.95 Å². The van der Waals surface area contributed by atoms with Crippen LogP contribution < -0.4 is 25.8 Å². The molecule has 49 heavy (non-hydrogen) atoms. The molecule has 2 amide bonds. The van der Waals surface area contributed by atoms with Gasteiger partial charge in [-0.3, -0.25) is 14.5 Å². The third kappa shape index (κ3) is 5.87. The molecule has 0 atom stereocenters. The summed E-state index contributed by atoms with van der Waals surface area (Å²) in [6.07, 6.45) is 10.4. The lowest BCUT2D eigenvalue weighted by Gasteiger charge is -2.28. The molecule has 1 saturated carbocycles. The molecule has 0 unspecified atom stereocenters. The van der Waals surface area contributed by atoms with Crippen molar-refractivity contribution in [3.05, 3.63) is 71.3 Å². The summed E-state index contributed by atoms with van der Waals surface area (Å²) in [7, 11) is 0. The van der Waals surface area contributed by atoms with Gasteiger partial charge in [0, 0.05) is 42.1 Å². The van der Waals surface area contributed by atoms with Gasteiger partial charge in [-0.05, 0) is 82.9 Å². The Bertz CT molecular complexity index is 2220. The van der Waals surface area contributed by atoms with Crippen LogP contribution in [0.4, 0.5) is 22.2 Å². The van der Waals surface area contributed by atoms with Crippen LogP contribution in [0.5, 0.6) is 5.75 Å². The highest BCUT2D eigenvalue weighted by atomic mass is 16.6. The number of amides is 2. The third-order valence-electron chi connectivity index (χ3n) is 8.94. The number of aromatic nitrogens is 6. The number of nitrogens with zero attached hydrogens (tertiary/aromatic N) is 7. The zero-order valence-electron chi connectivity index (χ0n) is 27.6. The fourth-order valence-electron chi connectivity index (χ4n) is 6.43. The van der Waals surface area contributed by atoms with Crippen LogP contribution in [0.2, 0.25) is 0 Å². The molecule has 4 aromatic heterocycles. The smallest absolute Gasteiger partial charge is 0.408 e. The first-order chi connectivity index (χ1) is 23.6. The Labute approximate surface area is 281 Å². The Morgan fingerprint density at radius 3 is 2.76 bits per heavy atom. The first-order valence-electron chi connectivity index (χ1n) is 16.5. The van der Waals surface area contributed by atoms with Crippen LogP contribution >= 0.6 is 0 Å². The van der Waals surface area contributed by atoms with Crippen molar-refractivity contribution < 1.29 is 19.1 Å². The number of allylic oxidation sites excluding steroid dienone is 2. The number of alkyl carbamates (subject to hydrolysis) is 1. The van der Waals surface area contributed by atoms with Crippen LogP contribution in [-0.4, -0.2) is 65.2 Å². The normalized spacial score (nSPS) is 17.4. The van der Waals surface area contributed by atoms with Gasteiger partial charge in [0.05, 0.1) is 12.1 Å². The van der Waals surface area contributed by atoms with E-state index < -0.39 is 11.7 Å². The molecule has 252 valence electrons. The molecule has 8 rings (SSSR count). The second-order valence-corrected chi connectivity index (χ2v) is 13.8. The summed E-state index contributed by atoms with van der Waals surface area (Å²) in [5.41, 5.74) is 1.06. The number of fused-ring (bicyclic) bond motifs is 6. The van der Waals surface area contributed by atoms with E-state index in [0.717, 1.165) is 42.3 Å². The standard InChI is InChI=1S/C35H37N9O5/c1-34(2,3)49-33(47)40-35(13-14-35)21-41-17-12-22-18-23(8-9-25(22)41)37-32-36-19-24-29(39-32)44-27-11-10-26-30(38-27)42(28(45)20-48-26)15-6-4-5-7-16-43(44)31(24)46/h5,7-12,17-19H,4,6,13-16,20-21H2,1-3H3,(H,40,47)(H,36,37,39)/b7-5-. The molecule has 0 saturated heterocycles. The Kier molecular flexibility index (Phi) is 7.19. The molecule has 5 aromatic rings. The number of pyridine rings is 1. The van der Waals surface area contributed by atoms with E-state index in [-0.39, 0.29) is 23.6 Å². The molecule has 2 N–H and O–H groups in total. The predicted molar refractivity (Wildman–Crippen MR) is 184 cm³/mol. The summed E-state index contributed by atoms with van der Waals surface area (Å²) in [4.78, 5) is 54.6. The Morgan fingerprint density at radius 1 is 1.08 bits per heavy atom. The van der Waals surface area contributed by atoms with Gasteiger partial charge >= 0.3 is 6.09 Å². The molecule has 2 bridgehead atoms. The van der Waals surface area contributed by atoms with Crippen molar-refractivity contribution in [1.82, 2.24) is 34.2 Å². The Hall–Kier alpha value is -5.66. The predicted octanol–water partition coefficient (Wildman–Crippen LogP) is 4.81. The van der Waals surface area contributed by atoms with Gasteiger partial charge in [0.1, 0.15) is 11.0 Å². The quantitative estimate of drug-likeness (QED) is 0.253. The first-order valence-corrected chi connectivity index (χ1v) is 16.5. The molecule has 14 nitrogen and oxygen atoms in total. The topological polar surface area (TPSA) is 150 Å². The van der Waals surface area contributed by atoms with Crippen molar-refractivity contribution in [3.63, 3.8) is 0 Å². The Morgan fingerprint density at radius 2 is 1.94 bits per heavy atom. The number of hydrogen-bond donors (Lipinski definition) is 2. The number of nitrogens with one attached hydrogen (secondary N) is 2. The lowest BCUT2D eigenvalue weighted by atomic mass is 10.2. The van der Waals surface area contributed by atoms with Crippen LogP contribution in [0.25, 0.3) is 27.8 Å². The van der Waals surface area contributed by atoms with Crippen molar-refractivity contribution in [2.24, 2.45) is 0 Å². The molecule has 1 fully saturated rings. The van der Waals surface area contributed by atoms with Gasteiger partial charge in [0.25, 0.3) is 11.5 Å². The highest BCUT2D eigenvalue weighted by Crippen LogP contribution is 2.39. The van der Waals surface area contributed by atoms with Gasteiger partial charge < -0.3 is 24.7 Å². The maximum atomic E-state index is 13.6. The second kappa shape index (κ2) is 11.5. The molecule has 1 aromatic carbocycles. The number of benzene rings is 1. The van der Waals surface area contributed by atoms with Gasteiger partial charge in [0.15, 0.2) is 29.6 Å². The van der Waals surface area contributed by atoms with E-state index in [0.29, 0.717) is 54.0 Å². The minimum atomic E-state index is -0.556. The van der Waals surface area contributed by atoms with Crippen molar-refractivity contribution in [1.29, 1.82) is 0 Å². The molecular formula is C35H37N9O5. The van der Waals surface area contributed by atoms with Crippen LogP contribution in [0.15, 0.2) is 65.7 Å². The summed E-state index contributed by atoms with van der Waals surface area (Å²) in [5, 5.41) is 7.73. The number of ether oxygens (including phenoxy) is 2. The lowest BCUT2D eigenvalue weighted by molar-refractivity contribution is -0.121. The van der Waals surface area contributed by atoms with Gasteiger partial charge in [-0.25, -0.2) is 24.1 Å². The summed E-state index contributed by atoms with van der Waals surface area (Å²) in [5.74, 6) is 1.54. The zero-order chi connectivity index (χ0) is 33.9. The van der Waals surface area contributed by atoms with E-state index in [2.05, 4.69) is 20.2 Å². The maximum Gasteiger partial charge on any atom is 0.408 e. The minimum Gasteiger partial charge on any atom is -0.480 e. The highest BCUT2D eigenvalue weighted by Gasteiger charge is 2.45. The van der Waals surface area contributed by atoms with Crippen molar-refractivity contribution in [3.8, 4) is 11.6 Å². The lowest BCUT2D eigenvalue weighted by Crippen LogP contribution is -2.42. The first kappa shape index (κ1) is 30.7. The van der Waals surface area contributed by atoms with E-state index >= 15 is 0 Å². The summed E-state index contributed by atoms with van der Waals surface area (Å²) >= 11 is 0. The van der Waals surface area contributed by atoms with Crippen molar-refractivity contribution >= 4 is 51.4 Å². The van der Waals surface area contributed by atoms with Crippen LogP contribution in [0, 0.1) is 0 Å². The van der Waals surface area contributed by atoms with E-state index in [9.17, 15) is 14.4 Å². The van der Waals surface area contributed by atoms with Crippen molar-refractivity contribution in [2.75, 3.05) is 23.4 Å². The summed E-state index contributed by atoms with van der Waals surface area (Å²) in [6.45, 7) is 7.01. The number of carbonyl (C=O) groups excluding carboxylic acids is 2. The number of carbonyl (C=O) groups is 2. The number of hydrogen-bond acceptors (Lipinski definition) is 9. The number of anilines is 3. The molecule has 3 aliphatic rings. The van der Waals surface area contributed by atoms with Crippen molar-refractivity contribution in [2.45, 2.75) is 70.7 Å². The third-order valence-corrected chi connectivity index (χ3v) is 8.94. The highest BCUT2D eigenvalue weighted by molar-refractivity contribution is 5.96. The van der Waals surface area contributed by atoms with E-state index in [1.807, 2.05) is 63.4 Å². The zero-order valence-corrected chi connectivity index (χ0v) is 27.6.